The second-order valence-electron chi connectivity index (χ2n) is 3.39. The summed E-state index contributed by atoms with van der Waals surface area (Å²) >= 11 is 0. The van der Waals surface area contributed by atoms with Crippen LogP contribution in [0.3, 0.4) is 0 Å². The minimum absolute atomic E-state index is 0.148. The van der Waals surface area contributed by atoms with Crippen LogP contribution in [-0.2, 0) is 4.79 Å². The highest BCUT2D eigenvalue weighted by Crippen LogP contribution is 2.40. The Bertz CT molecular complexity index is 178. The summed E-state index contributed by atoms with van der Waals surface area (Å²) in [5.74, 6) is 0.996. The van der Waals surface area contributed by atoms with Gasteiger partial charge in [0.25, 0.3) is 0 Å². The molecule has 0 aromatic rings. The maximum absolute atomic E-state index is 10.6. The van der Waals surface area contributed by atoms with E-state index in [0.29, 0.717) is 12.3 Å². The molecular weight excluding hydrogens is 138 g/mol. The SMILES string of the molecule is CC(CC#N)C(C=O)C1CC1. The van der Waals surface area contributed by atoms with Gasteiger partial charge in [-0.15, -0.1) is 0 Å². The van der Waals surface area contributed by atoms with Gasteiger partial charge in [0.05, 0.1) is 6.07 Å². The maximum Gasteiger partial charge on any atom is 0.123 e. The van der Waals surface area contributed by atoms with E-state index in [0.717, 1.165) is 6.29 Å². The molecule has 0 aliphatic heterocycles. The summed E-state index contributed by atoms with van der Waals surface area (Å²) in [7, 11) is 0. The first-order chi connectivity index (χ1) is 5.29. The summed E-state index contributed by atoms with van der Waals surface area (Å²) in [4.78, 5) is 10.6. The van der Waals surface area contributed by atoms with Gasteiger partial charge in [-0.3, -0.25) is 0 Å². The number of hydrogen-bond acceptors (Lipinski definition) is 2. The number of hydrogen-bond donors (Lipinski definition) is 0. The van der Waals surface area contributed by atoms with Crippen LogP contribution in [0, 0.1) is 29.1 Å². The van der Waals surface area contributed by atoms with Crippen molar-refractivity contribution in [2.75, 3.05) is 0 Å². The summed E-state index contributed by atoms with van der Waals surface area (Å²) < 4.78 is 0. The van der Waals surface area contributed by atoms with Gasteiger partial charge in [0, 0.05) is 12.3 Å². The van der Waals surface area contributed by atoms with Crippen LogP contribution >= 0.6 is 0 Å². The molecule has 1 fully saturated rings. The topological polar surface area (TPSA) is 40.9 Å². The molecular formula is C9H13NO. The van der Waals surface area contributed by atoms with Gasteiger partial charge in [-0.2, -0.15) is 5.26 Å². The lowest BCUT2D eigenvalue weighted by molar-refractivity contribution is -0.112. The minimum Gasteiger partial charge on any atom is -0.303 e. The fourth-order valence-corrected chi connectivity index (χ4v) is 1.47. The Morgan fingerprint density at radius 3 is 2.73 bits per heavy atom. The Morgan fingerprint density at radius 2 is 2.36 bits per heavy atom. The van der Waals surface area contributed by atoms with Gasteiger partial charge in [0.1, 0.15) is 6.29 Å². The third-order valence-electron chi connectivity index (χ3n) is 2.39. The van der Waals surface area contributed by atoms with E-state index < -0.39 is 0 Å². The molecule has 0 heterocycles. The first-order valence-electron chi connectivity index (χ1n) is 4.11. The summed E-state index contributed by atoms with van der Waals surface area (Å²) in [6.07, 6.45) is 3.90. The highest BCUT2D eigenvalue weighted by molar-refractivity contribution is 5.55. The van der Waals surface area contributed by atoms with Crippen molar-refractivity contribution in [2.45, 2.75) is 26.2 Å². The van der Waals surface area contributed by atoms with E-state index in [1.807, 2.05) is 6.92 Å². The predicted molar refractivity (Wildman–Crippen MR) is 41.7 cm³/mol. The number of carbonyl (C=O) groups is 1. The van der Waals surface area contributed by atoms with Gasteiger partial charge < -0.3 is 4.79 Å². The molecule has 0 N–H and O–H groups in total. The number of nitrogens with zero attached hydrogens (tertiary/aromatic N) is 1. The van der Waals surface area contributed by atoms with Gasteiger partial charge >= 0.3 is 0 Å². The third kappa shape index (κ3) is 2.04. The van der Waals surface area contributed by atoms with Crippen LogP contribution in [0.4, 0.5) is 0 Å². The molecule has 2 heteroatoms. The average Bonchev–Trinajstić information content (AvgIpc) is 2.73. The molecule has 2 nitrogen and oxygen atoms in total. The van der Waals surface area contributed by atoms with Crippen LogP contribution in [0.15, 0.2) is 0 Å². The van der Waals surface area contributed by atoms with Crippen molar-refractivity contribution in [2.24, 2.45) is 17.8 Å². The van der Waals surface area contributed by atoms with Gasteiger partial charge in [0.2, 0.25) is 0 Å². The average molecular weight is 151 g/mol. The zero-order valence-corrected chi connectivity index (χ0v) is 6.79. The Labute approximate surface area is 67.2 Å². The quantitative estimate of drug-likeness (QED) is 0.574. The molecule has 11 heavy (non-hydrogen) atoms. The van der Waals surface area contributed by atoms with Gasteiger partial charge in [-0.1, -0.05) is 6.92 Å². The molecule has 0 bridgehead atoms. The molecule has 0 spiro atoms. The third-order valence-corrected chi connectivity index (χ3v) is 2.39. The maximum atomic E-state index is 10.6. The zero-order valence-electron chi connectivity index (χ0n) is 6.79. The Balaban J connectivity index is 2.40. The van der Waals surface area contributed by atoms with E-state index in [-0.39, 0.29) is 11.8 Å². The molecule has 0 aromatic carbocycles. The fraction of sp³-hybridized carbons (Fsp3) is 0.778. The highest BCUT2D eigenvalue weighted by atomic mass is 16.1. The van der Waals surface area contributed by atoms with Gasteiger partial charge in [-0.25, -0.2) is 0 Å². The molecule has 60 valence electrons. The van der Waals surface area contributed by atoms with Crippen molar-refractivity contribution in [3.63, 3.8) is 0 Å². The lowest BCUT2D eigenvalue weighted by Gasteiger charge is -2.13. The Kier molecular flexibility index (Phi) is 2.64. The molecule has 0 aromatic heterocycles. The van der Waals surface area contributed by atoms with E-state index in [9.17, 15) is 4.79 Å². The van der Waals surface area contributed by atoms with E-state index in [4.69, 9.17) is 5.26 Å². The Hall–Kier alpha value is -0.840. The molecule has 0 radical (unpaired) electrons. The van der Waals surface area contributed by atoms with Crippen molar-refractivity contribution in [1.82, 2.24) is 0 Å². The van der Waals surface area contributed by atoms with Crippen LogP contribution < -0.4 is 0 Å². The molecule has 1 rings (SSSR count). The molecule has 1 aliphatic carbocycles. The van der Waals surface area contributed by atoms with Gasteiger partial charge in [-0.05, 0) is 24.7 Å². The van der Waals surface area contributed by atoms with Crippen molar-refractivity contribution in [1.29, 1.82) is 5.26 Å². The molecule has 0 amide bonds. The normalized spacial score (nSPS) is 21.8. The smallest absolute Gasteiger partial charge is 0.123 e. The number of nitriles is 1. The first kappa shape index (κ1) is 8.26. The van der Waals surface area contributed by atoms with E-state index in [2.05, 4.69) is 6.07 Å². The fourth-order valence-electron chi connectivity index (χ4n) is 1.47. The molecule has 1 aliphatic rings. The first-order valence-corrected chi connectivity index (χ1v) is 4.11. The largest absolute Gasteiger partial charge is 0.303 e. The van der Waals surface area contributed by atoms with Crippen molar-refractivity contribution < 1.29 is 4.79 Å². The van der Waals surface area contributed by atoms with Crippen LogP contribution in [0.25, 0.3) is 0 Å². The van der Waals surface area contributed by atoms with Crippen LogP contribution in [0.5, 0.6) is 0 Å². The minimum atomic E-state index is 0.148. The van der Waals surface area contributed by atoms with E-state index >= 15 is 0 Å². The van der Waals surface area contributed by atoms with Crippen molar-refractivity contribution in [3.8, 4) is 6.07 Å². The molecule has 0 saturated heterocycles. The van der Waals surface area contributed by atoms with E-state index in [1.165, 1.54) is 12.8 Å². The monoisotopic (exact) mass is 151 g/mol. The Morgan fingerprint density at radius 1 is 1.73 bits per heavy atom. The second-order valence-corrected chi connectivity index (χ2v) is 3.39. The summed E-state index contributed by atoms with van der Waals surface area (Å²) in [5.41, 5.74) is 0. The summed E-state index contributed by atoms with van der Waals surface area (Å²) in [5, 5.41) is 8.42. The lowest BCUT2D eigenvalue weighted by atomic mass is 9.89. The highest BCUT2D eigenvalue weighted by Gasteiger charge is 2.34. The zero-order chi connectivity index (χ0) is 8.27. The predicted octanol–water partition coefficient (Wildman–Crippen LogP) is 1.76. The molecule has 1 saturated carbocycles. The molecule has 2 unspecified atom stereocenters. The van der Waals surface area contributed by atoms with Crippen LogP contribution in [-0.4, -0.2) is 6.29 Å². The lowest BCUT2D eigenvalue weighted by Crippen LogP contribution is -2.14. The summed E-state index contributed by atoms with van der Waals surface area (Å²) in [6.45, 7) is 1.99. The standard InChI is InChI=1S/C9H13NO/c1-7(4-5-10)9(6-11)8-2-3-8/h6-9H,2-4H2,1H3. The van der Waals surface area contributed by atoms with Crippen molar-refractivity contribution in [3.05, 3.63) is 0 Å². The number of rotatable bonds is 4. The van der Waals surface area contributed by atoms with Crippen molar-refractivity contribution >= 4 is 6.29 Å². The summed E-state index contributed by atoms with van der Waals surface area (Å²) in [6, 6.07) is 2.11. The van der Waals surface area contributed by atoms with Gasteiger partial charge in [0.15, 0.2) is 0 Å². The second kappa shape index (κ2) is 3.52. The van der Waals surface area contributed by atoms with Crippen LogP contribution in [0.1, 0.15) is 26.2 Å². The van der Waals surface area contributed by atoms with Crippen LogP contribution in [0.2, 0.25) is 0 Å². The number of aldehydes is 1. The molecule has 2 atom stereocenters. The van der Waals surface area contributed by atoms with E-state index in [1.54, 1.807) is 0 Å². The number of carbonyl (C=O) groups excluding carboxylic acids is 1.